The fourth-order valence-corrected chi connectivity index (χ4v) is 25.1. The Kier molecular flexibility index (Phi) is 9.80. The van der Waals surface area contributed by atoms with Crippen molar-refractivity contribution < 1.29 is 45.2 Å². The molecule has 0 nitrogen and oxygen atoms in total. The van der Waals surface area contributed by atoms with E-state index in [0.717, 1.165) is 0 Å². The first-order valence-electron chi connectivity index (χ1n) is 11.0. The molecule has 2 aliphatic carbocycles. The third kappa shape index (κ3) is 5.10. The Labute approximate surface area is 214 Å². The normalized spacial score (nSPS) is 19.5. The molecule has 2 aliphatic rings. The maximum absolute atomic E-state index is 2.58. The van der Waals surface area contributed by atoms with Gasteiger partial charge in [0, 0.05) is 0 Å². The molecule has 2 unspecified atom stereocenters. The summed E-state index contributed by atoms with van der Waals surface area (Å²) in [6.45, 7) is 14.9. The summed E-state index contributed by atoms with van der Waals surface area (Å²) in [5.41, 5.74) is 8.56. The number of benzene rings is 2. The van der Waals surface area contributed by atoms with E-state index in [2.05, 4.69) is 114 Å². The fourth-order valence-electron chi connectivity index (χ4n) is 5.26. The summed E-state index contributed by atoms with van der Waals surface area (Å²) >= 11 is -1.95. The Morgan fingerprint density at radius 1 is 0.625 bits per heavy atom. The molecule has 0 heterocycles. The zero-order chi connectivity index (χ0) is 21.4. The average Bonchev–Trinajstić information content (AvgIpc) is 3.20. The molecule has 2 aromatic rings. The van der Waals surface area contributed by atoms with Gasteiger partial charge in [0.2, 0.25) is 0 Å². The van der Waals surface area contributed by atoms with Gasteiger partial charge in [-0.2, -0.15) is 0 Å². The topological polar surface area (TPSA) is 0 Å². The number of allylic oxidation sites excluding steroid dienone is 8. The first-order valence-corrected chi connectivity index (χ1v) is 19.7. The molecule has 2 aromatic carbocycles. The number of hydrogen-bond donors (Lipinski definition) is 0. The van der Waals surface area contributed by atoms with Crippen molar-refractivity contribution in [3.05, 3.63) is 102 Å². The van der Waals surface area contributed by atoms with Crippen LogP contribution in [0, 0.1) is 11.8 Å². The zero-order valence-electron chi connectivity index (χ0n) is 19.8. The van der Waals surface area contributed by atoms with E-state index >= 15 is 0 Å². The van der Waals surface area contributed by atoms with Crippen LogP contribution in [-0.4, -0.2) is 5.43 Å². The molecule has 0 saturated carbocycles. The van der Waals surface area contributed by atoms with Crippen molar-refractivity contribution in [1.29, 1.82) is 0 Å². The van der Waals surface area contributed by atoms with Gasteiger partial charge < -0.3 is 24.8 Å². The third-order valence-electron chi connectivity index (χ3n) is 6.57. The van der Waals surface area contributed by atoms with Crippen molar-refractivity contribution in [2.75, 3.05) is 0 Å². The standard InChI is InChI=1S/2C13H13.C2H6Si.2ClH.Zr/c2*1-10-8-11(2)13(9-10)12-6-4-3-5-7-12;1-3-2;;;/h2*3-7,9-10H,1-2H3;1-2H3;2*1H;/q;;;;;+2/p-2. The van der Waals surface area contributed by atoms with Crippen molar-refractivity contribution in [1.82, 2.24) is 0 Å². The quantitative estimate of drug-likeness (QED) is 0.503. The largest absolute Gasteiger partial charge is 1.00 e. The molecule has 0 fully saturated rings. The van der Waals surface area contributed by atoms with Crippen LogP contribution in [0.1, 0.15) is 38.8 Å². The third-order valence-corrected chi connectivity index (χ3v) is 24.9. The van der Waals surface area contributed by atoms with E-state index in [1.54, 1.807) is 11.1 Å². The van der Waals surface area contributed by atoms with Gasteiger partial charge in [0.05, 0.1) is 0 Å². The fraction of sp³-hybridized carbons (Fsp3) is 0.286. The summed E-state index contributed by atoms with van der Waals surface area (Å²) in [5.74, 6) is 1.17. The molecule has 0 aliphatic heterocycles. The summed E-state index contributed by atoms with van der Waals surface area (Å²) < 4.78 is 3.72. The molecule has 0 radical (unpaired) electrons. The van der Waals surface area contributed by atoms with Gasteiger partial charge in [0.1, 0.15) is 0 Å². The second kappa shape index (κ2) is 11.5. The summed E-state index contributed by atoms with van der Waals surface area (Å²) in [6.07, 6.45) is 5.10. The molecule has 0 amide bonds. The average molecular weight is 559 g/mol. The van der Waals surface area contributed by atoms with Crippen LogP contribution in [-0.2, 0) is 20.4 Å². The summed E-state index contributed by atoms with van der Waals surface area (Å²) in [6, 6.07) is 22.0. The van der Waals surface area contributed by atoms with Crippen LogP contribution < -0.4 is 24.8 Å². The van der Waals surface area contributed by atoms with E-state index in [0.29, 0.717) is 11.8 Å². The van der Waals surface area contributed by atoms with E-state index < -0.39 is 20.4 Å². The van der Waals surface area contributed by atoms with E-state index in [1.165, 1.54) is 22.3 Å². The van der Waals surface area contributed by atoms with Gasteiger partial charge in [-0.1, -0.05) is 0 Å². The molecule has 0 bridgehead atoms. The van der Waals surface area contributed by atoms with Gasteiger partial charge in [-0.25, -0.2) is 0 Å². The zero-order valence-corrected chi connectivity index (χ0v) is 24.8. The van der Waals surface area contributed by atoms with Gasteiger partial charge >= 0.3 is 191 Å². The molecule has 0 saturated heterocycles. The molecule has 0 N–H and O–H groups in total. The van der Waals surface area contributed by atoms with Crippen LogP contribution in [0.3, 0.4) is 0 Å². The van der Waals surface area contributed by atoms with Crippen LogP contribution in [0.2, 0.25) is 13.1 Å². The Morgan fingerprint density at radius 2 is 0.969 bits per heavy atom. The van der Waals surface area contributed by atoms with Gasteiger partial charge in [-0.05, 0) is 0 Å². The Hall–Kier alpha value is -0.920. The Balaban J connectivity index is 0.00000181. The van der Waals surface area contributed by atoms with E-state index in [4.69, 9.17) is 0 Å². The molecule has 32 heavy (non-hydrogen) atoms. The Morgan fingerprint density at radius 3 is 1.28 bits per heavy atom. The van der Waals surface area contributed by atoms with E-state index in [9.17, 15) is 0 Å². The predicted octanol–water partition coefficient (Wildman–Crippen LogP) is 1.88. The van der Waals surface area contributed by atoms with Crippen molar-refractivity contribution in [2.45, 2.75) is 40.8 Å². The number of halogens is 2. The predicted molar refractivity (Wildman–Crippen MR) is 130 cm³/mol. The van der Waals surface area contributed by atoms with Gasteiger partial charge in [-0.15, -0.1) is 0 Å². The van der Waals surface area contributed by atoms with E-state index in [-0.39, 0.29) is 30.2 Å². The first kappa shape index (κ1) is 27.3. The van der Waals surface area contributed by atoms with Crippen molar-refractivity contribution in [2.24, 2.45) is 11.8 Å². The SMILES string of the molecule is CC1=[C]([Zr+2]([C]2=C(C)C(c3ccccc3)=CC2C)=[Si](C)C)C(C)C=C1c1ccccc1.[Cl-].[Cl-]. The second-order valence-electron chi connectivity index (χ2n) is 8.92. The summed E-state index contributed by atoms with van der Waals surface area (Å²) in [7, 11) is 0. The first-order chi connectivity index (χ1) is 14.4. The summed E-state index contributed by atoms with van der Waals surface area (Å²) in [4.78, 5) is 0. The van der Waals surface area contributed by atoms with E-state index in [1.807, 2.05) is 6.56 Å². The maximum Gasteiger partial charge on any atom is -1.00 e. The minimum atomic E-state index is -1.95. The van der Waals surface area contributed by atoms with Crippen LogP contribution in [0.5, 0.6) is 0 Å². The number of rotatable bonds is 4. The maximum atomic E-state index is 2.58. The summed E-state index contributed by atoms with van der Waals surface area (Å²) in [5, 5.41) is 0. The Bertz CT molecular complexity index is 1050. The molecular formula is C28H32Cl2SiZr. The second-order valence-corrected chi connectivity index (χ2v) is 25.7. The minimum Gasteiger partial charge on any atom is -1.00 e. The molecule has 166 valence electrons. The van der Waals surface area contributed by atoms with Crippen LogP contribution in [0.15, 0.2) is 90.5 Å². The number of hydrogen-bond acceptors (Lipinski definition) is 0. The molecular weight excluding hydrogens is 527 g/mol. The molecule has 2 atom stereocenters. The monoisotopic (exact) mass is 556 g/mol. The van der Waals surface area contributed by atoms with Crippen LogP contribution >= 0.6 is 0 Å². The molecule has 0 spiro atoms. The van der Waals surface area contributed by atoms with Crippen LogP contribution in [0.4, 0.5) is 0 Å². The van der Waals surface area contributed by atoms with Gasteiger partial charge in [0.25, 0.3) is 0 Å². The minimum absolute atomic E-state index is 0. The van der Waals surface area contributed by atoms with Crippen molar-refractivity contribution in [3.8, 4) is 0 Å². The van der Waals surface area contributed by atoms with Gasteiger partial charge in [0.15, 0.2) is 0 Å². The van der Waals surface area contributed by atoms with Gasteiger partial charge in [-0.3, -0.25) is 0 Å². The molecule has 0 aromatic heterocycles. The smallest absolute Gasteiger partial charge is 1.00 e. The van der Waals surface area contributed by atoms with Crippen LogP contribution in [0.25, 0.3) is 11.1 Å². The van der Waals surface area contributed by atoms with Crippen molar-refractivity contribution in [3.63, 3.8) is 0 Å². The van der Waals surface area contributed by atoms with Crippen molar-refractivity contribution >= 4 is 16.6 Å². The molecule has 4 heteroatoms. The molecule has 4 rings (SSSR count).